The zero-order valence-electron chi connectivity index (χ0n) is 15.8. The Morgan fingerprint density at radius 3 is 2.52 bits per heavy atom. The fourth-order valence-electron chi connectivity index (χ4n) is 4.25. The van der Waals surface area contributed by atoms with E-state index < -0.39 is 0 Å². The third kappa shape index (κ3) is 4.65. The van der Waals surface area contributed by atoms with Crippen molar-refractivity contribution in [3.05, 3.63) is 53.9 Å². The van der Waals surface area contributed by atoms with Crippen molar-refractivity contribution in [3.8, 4) is 0 Å². The van der Waals surface area contributed by atoms with E-state index >= 15 is 0 Å². The van der Waals surface area contributed by atoms with Gasteiger partial charge in [0.05, 0.1) is 0 Å². The zero-order valence-corrected chi connectivity index (χ0v) is 15.8. The second kappa shape index (κ2) is 8.51. The van der Waals surface area contributed by atoms with E-state index in [2.05, 4.69) is 45.6 Å². The third-order valence-electron chi connectivity index (χ3n) is 5.83. The van der Waals surface area contributed by atoms with Gasteiger partial charge in [-0.15, -0.1) is 0 Å². The normalized spacial score (nSPS) is 18.6. The summed E-state index contributed by atoms with van der Waals surface area (Å²) in [6, 6.07) is 12.8. The number of carbonyl (C=O) groups excluding carboxylic acids is 1. The summed E-state index contributed by atoms with van der Waals surface area (Å²) in [4.78, 5) is 23.6. The summed E-state index contributed by atoms with van der Waals surface area (Å²) in [5.74, 6) is 1.28. The van der Waals surface area contributed by atoms with Crippen LogP contribution in [-0.4, -0.2) is 39.9 Å². The molecule has 1 N–H and O–H groups in total. The summed E-state index contributed by atoms with van der Waals surface area (Å²) in [6.45, 7) is 1.62. The van der Waals surface area contributed by atoms with Gasteiger partial charge in [-0.25, -0.2) is 9.97 Å². The van der Waals surface area contributed by atoms with Crippen LogP contribution in [0.5, 0.6) is 0 Å². The number of hydrogen-bond donors (Lipinski definition) is 1. The first-order valence-corrected chi connectivity index (χ1v) is 10.2. The molecule has 1 saturated carbocycles. The molecule has 0 atom stereocenters. The second-order valence-electron chi connectivity index (χ2n) is 7.82. The molecule has 2 fully saturated rings. The van der Waals surface area contributed by atoms with Gasteiger partial charge in [-0.2, -0.15) is 0 Å². The first-order chi connectivity index (χ1) is 13.3. The van der Waals surface area contributed by atoms with Crippen LogP contribution >= 0.6 is 0 Å². The monoisotopic (exact) mass is 364 g/mol. The van der Waals surface area contributed by atoms with E-state index in [0.717, 1.165) is 45.2 Å². The van der Waals surface area contributed by atoms with Crippen molar-refractivity contribution in [2.45, 2.75) is 51.0 Å². The summed E-state index contributed by atoms with van der Waals surface area (Å²) < 4.78 is 0. The first kappa shape index (κ1) is 18.0. The topological polar surface area (TPSA) is 58.1 Å². The number of nitrogens with zero attached hydrogens (tertiary/aromatic N) is 3. The molecule has 2 aromatic rings. The van der Waals surface area contributed by atoms with E-state index in [1.807, 2.05) is 4.90 Å². The molecule has 4 rings (SSSR count). The highest BCUT2D eigenvalue weighted by Crippen LogP contribution is 2.23. The van der Waals surface area contributed by atoms with Crippen molar-refractivity contribution in [1.82, 2.24) is 14.9 Å². The van der Waals surface area contributed by atoms with Gasteiger partial charge >= 0.3 is 0 Å². The molecule has 1 aromatic heterocycles. The number of rotatable bonds is 5. The Labute approximate surface area is 161 Å². The molecule has 5 heteroatoms. The van der Waals surface area contributed by atoms with Gasteiger partial charge in [-0.3, -0.25) is 4.79 Å². The Bertz CT molecular complexity index is 750. The summed E-state index contributed by atoms with van der Waals surface area (Å²) in [6.07, 6.45) is 9.75. The van der Waals surface area contributed by atoms with Crippen molar-refractivity contribution in [2.75, 3.05) is 18.4 Å². The van der Waals surface area contributed by atoms with Gasteiger partial charge in [-0.1, -0.05) is 43.2 Å². The molecular weight excluding hydrogens is 336 g/mol. The molecule has 0 unspecified atom stereocenters. The molecule has 2 aliphatic rings. The zero-order chi connectivity index (χ0) is 18.5. The minimum atomic E-state index is 0.0324. The first-order valence-electron chi connectivity index (χ1n) is 10.2. The standard InChI is InChI=1S/C22H28N4O/c27-21(20-10-13-23-22(25-20)24-19-8-4-5-9-19)26-14-11-18(12-15-26)16-17-6-2-1-3-7-17/h1-3,6-7,10,13,18-19H,4-5,8-9,11-12,14-16H2,(H,23,24,25). The number of benzene rings is 1. The molecule has 2 heterocycles. The van der Waals surface area contributed by atoms with Crippen molar-refractivity contribution >= 4 is 11.9 Å². The van der Waals surface area contributed by atoms with Crippen molar-refractivity contribution in [2.24, 2.45) is 5.92 Å². The number of amides is 1. The molecule has 142 valence electrons. The van der Waals surface area contributed by atoms with E-state index in [-0.39, 0.29) is 5.91 Å². The lowest BCUT2D eigenvalue weighted by atomic mass is 9.90. The molecule has 0 radical (unpaired) electrons. The Balaban J connectivity index is 1.32. The van der Waals surface area contributed by atoms with Crippen LogP contribution in [0.3, 0.4) is 0 Å². The molecular formula is C22H28N4O. The smallest absolute Gasteiger partial charge is 0.272 e. The van der Waals surface area contributed by atoms with Gasteiger partial charge in [0.2, 0.25) is 5.95 Å². The lowest BCUT2D eigenvalue weighted by molar-refractivity contribution is 0.0684. The number of piperidine rings is 1. The van der Waals surface area contributed by atoms with Crippen molar-refractivity contribution in [1.29, 1.82) is 0 Å². The fourth-order valence-corrected chi connectivity index (χ4v) is 4.25. The second-order valence-corrected chi connectivity index (χ2v) is 7.82. The maximum absolute atomic E-state index is 12.9. The Kier molecular flexibility index (Phi) is 5.66. The number of likely N-dealkylation sites (tertiary alicyclic amines) is 1. The van der Waals surface area contributed by atoms with E-state index in [4.69, 9.17) is 0 Å². The number of aromatic nitrogens is 2. The van der Waals surface area contributed by atoms with Gasteiger partial charge in [0.1, 0.15) is 5.69 Å². The minimum Gasteiger partial charge on any atom is -0.351 e. The van der Waals surface area contributed by atoms with Crippen LogP contribution in [0.15, 0.2) is 42.6 Å². The largest absolute Gasteiger partial charge is 0.351 e. The summed E-state index contributed by atoms with van der Waals surface area (Å²) in [5.41, 5.74) is 1.90. The quantitative estimate of drug-likeness (QED) is 0.873. The molecule has 1 amide bonds. The van der Waals surface area contributed by atoms with Gasteiger partial charge in [0.15, 0.2) is 0 Å². The van der Waals surface area contributed by atoms with Crippen LogP contribution in [0.2, 0.25) is 0 Å². The van der Waals surface area contributed by atoms with Crippen LogP contribution in [-0.2, 0) is 6.42 Å². The predicted octanol–water partition coefficient (Wildman–Crippen LogP) is 3.93. The molecule has 5 nitrogen and oxygen atoms in total. The number of hydrogen-bond acceptors (Lipinski definition) is 4. The molecule has 27 heavy (non-hydrogen) atoms. The number of carbonyl (C=O) groups is 1. The maximum atomic E-state index is 12.9. The predicted molar refractivity (Wildman–Crippen MR) is 107 cm³/mol. The fraction of sp³-hybridized carbons (Fsp3) is 0.500. The Morgan fingerprint density at radius 1 is 1.04 bits per heavy atom. The number of nitrogens with one attached hydrogen (secondary N) is 1. The molecule has 1 aliphatic heterocycles. The van der Waals surface area contributed by atoms with E-state index in [9.17, 15) is 4.79 Å². The highest BCUT2D eigenvalue weighted by Gasteiger charge is 2.25. The lowest BCUT2D eigenvalue weighted by Crippen LogP contribution is -2.39. The van der Waals surface area contributed by atoms with Crippen LogP contribution in [0, 0.1) is 5.92 Å². The van der Waals surface area contributed by atoms with Gasteiger partial charge in [0, 0.05) is 25.3 Å². The Hall–Kier alpha value is -2.43. The highest BCUT2D eigenvalue weighted by atomic mass is 16.2. The molecule has 1 aromatic carbocycles. The van der Waals surface area contributed by atoms with Crippen LogP contribution in [0.1, 0.15) is 54.6 Å². The molecule has 1 saturated heterocycles. The van der Waals surface area contributed by atoms with Crippen LogP contribution < -0.4 is 5.32 Å². The van der Waals surface area contributed by atoms with E-state index in [1.165, 1.54) is 18.4 Å². The van der Waals surface area contributed by atoms with E-state index in [0.29, 0.717) is 23.6 Å². The highest BCUT2D eigenvalue weighted by molar-refractivity contribution is 5.92. The molecule has 0 spiro atoms. The minimum absolute atomic E-state index is 0.0324. The maximum Gasteiger partial charge on any atom is 0.272 e. The SMILES string of the molecule is O=C(c1ccnc(NC2CCCC2)n1)N1CCC(Cc2ccccc2)CC1. The number of anilines is 1. The van der Waals surface area contributed by atoms with Crippen molar-refractivity contribution in [3.63, 3.8) is 0 Å². The van der Waals surface area contributed by atoms with E-state index in [1.54, 1.807) is 12.3 Å². The lowest BCUT2D eigenvalue weighted by Gasteiger charge is -2.32. The molecule has 1 aliphatic carbocycles. The summed E-state index contributed by atoms with van der Waals surface area (Å²) >= 11 is 0. The van der Waals surface area contributed by atoms with Gasteiger partial charge < -0.3 is 10.2 Å². The van der Waals surface area contributed by atoms with Crippen molar-refractivity contribution < 1.29 is 4.79 Å². The third-order valence-corrected chi connectivity index (χ3v) is 5.83. The molecule has 0 bridgehead atoms. The van der Waals surface area contributed by atoms with Crippen LogP contribution in [0.4, 0.5) is 5.95 Å². The van der Waals surface area contributed by atoms with Gasteiger partial charge in [-0.05, 0) is 49.7 Å². The van der Waals surface area contributed by atoms with Gasteiger partial charge in [0.25, 0.3) is 5.91 Å². The summed E-state index contributed by atoms with van der Waals surface area (Å²) in [5, 5.41) is 3.38. The Morgan fingerprint density at radius 2 is 1.78 bits per heavy atom. The van der Waals surface area contributed by atoms with Crippen LogP contribution in [0.25, 0.3) is 0 Å². The average molecular weight is 364 g/mol. The summed E-state index contributed by atoms with van der Waals surface area (Å²) in [7, 11) is 0. The average Bonchev–Trinajstić information content (AvgIpc) is 3.22.